The van der Waals surface area contributed by atoms with Crippen LogP contribution in [0, 0.1) is 0 Å². The fraction of sp³-hybridized carbons (Fsp3) is 0. The maximum atomic E-state index is 6.60. The Labute approximate surface area is 290 Å². The first-order valence-corrected chi connectivity index (χ1v) is 16.9. The Bertz CT molecular complexity index is 3100. The van der Waals surface area contributed by atoms with Crippen molar-refractivity contribution in [2.75, 3.05) is 0 Å². The minimum Gasteiger partial charge on any atom is -0.456 e. The van der Waals surface area contributed by atoms with E-state index < -0.39 is 0 Å². The second-order valence-corrected chi connectivity index (χ2v) is 12.8. The number of nitrogens with zero attached hydrogens (tertiary/aromatic N) is 4. The highest BCUT2D eigenvalue weighted by Crippen LogP contribution is 2.40. The Kier molecular flexibility index (Phi) is 5.86. The van der Waals surface area contributed by atoms with Gasteiger partial charge in [-0.05, 0) is 48.5 Å². The van der Waals surface area contributed by atoms with E-state index in [9.17, 15) is 0 Å². The normalized spacial score (nSPS) is 11.9. The van der Waals surface area contributed by atoms with E-state index >= 15 is 0 Å². The summed E-state index contributed by atoms with van der Waals surface area (Å²) < 4.78 is 15.3. The van der Waals surface area contributed by atoms with Gasteiger partial charge in [0.2, 0.25) is 0 Å². The molecule has 0 N–H and O–H groups in total. The fourth-order valence-electron chi connectivity index (χ4n) is 7.58. The molecule has 0 aliphatic rings. The maximum absolute atomic E-state index is 6.60. The van der Waals surface area contributed by atoms with Crippen molar-refractivity contribution in [1.29, 1.82) is 0 Å². The molecule has 6 heteroatoms. The number of aromatic nitrogens is 4. The van der Waals surface area contributed by atoms with Crippen molar-refractivity contribution in [3.63, 3.8) is 0 Å². The second-order valence-electron chi connectivity index (χ2n) is 12.8. The van der Waals surface area contributed by atoms with Crippen LogP contribution in [0.5, 0.6) is 0 Å². The number of benzene rings is 7. The van der Waals surface area contributed by atoms with Gasteiger partial charge in [-0.2, -0.15) is 0 Å². The third-order valence-corrected chi connectivity index (χ3v) is 9.87. The summed E-state index contributed by atoms with van der Waals surface area (Å²) in [6.45, 7) is 0. The third kappa shape index (κ3) is 4.20. The molecular weight excluding hydrogens is 629 g/mol. The monoisotopic (exact) mass is 654 g/mol. The predicted octanol–water partition coefficient (Wildman–Crippen LogP) is 11.8. The van der Waals surface area contributed by atoms with Gasteiger partial charge in [0.1, 0.15) is 22.3 Å². The zero-order valence-corrected chi connectivity index (χ0v) is 27.1. The summed E-state index contributed by atoms with van der Waals surface area (Å²) in [7, 11) is 0. The average molecular weight is 655 g/mol. The third-order valence-electron chi connectivity index (χ3n) is 9.87. The Balaban J connectivity index is 1.12. The van der Waals surface area contributed by atoms with E-state index in [4.69, 9.17) is 23.8 Å². The molecule has 0 aliphatic heterocycles. The molecule has 11 rings (SSSR count). The zero-order chi connectivity index (χ0) is 33.5. The van der Waals surface area contributed by atoms with Gasteiger partial charge in [-0.1, -0.05) is 109 Å². The van der Waals surface area contributed by atoms with Gasteiger partial charge in [0.15, 0.2) is 17.5 Å². The Morgan fingerprint density at radius 1 is 0.392 bits per heavy atom. The van der Waals surface area contributed by atoms with Crippen LogP contribution in [0.15, 0.2) is 167 Å². The van der Waals surface area contributed by atoms with Gasteiger partial charge in [0, 0.05) is 38.1 Å². The molecule has 238 valence electrons. The second kappa shape index (κ2) is 10.7. The first kappa shape index (κ1) is 27.9. The number of para-hydroxylation sites is 4. The van der Waals surface area contributed by atoms with Gasteiger partial charge in [0.25, 0.3) is 0 Å². The van der Waals surface area contributed by atoms with Crippen molar-refractivity contribution in [2.24, 2.45) is 0 Å². The van der Waals surface area contributed by atoms with Crippen LogP contribution < -0.4 is 0 Å². The lowest BCUT2D eigenvalue weighted by Gasteiger charge is -2.10. The van der Waals surface area contributed by atoms with Gasteiger partial charge in [0.05, 0.1) is 27.7 Å². The van der Waals surface area contributed by atoms with Crippen LogP contribution in [0.4, 0.5) is 0 Å². The van der Waals surface area contributed by atoms with Crippen LogP contribution in [0.1, 0.15) is 0 Å². The maximum Gasteiger partial charge on any atom is 0.167 e. The first-order chi connectivity index (χ1) is 25.3. The Hall–Kier alpha value is -7.05. The van der Waals surface area contributed by atoms with Crippen molar-refractivity contribution in [2.45, 2.75) is 0 Å². The van der Waals surface area contributed by atoms with Crippen LogP contribution >= 0.6 is 0 Å². The van der Waals surface area contributed by atoms with Gasteiger partial charge < -0.3 is 13.4 Å². The molecule has 11 aromatic rings. The van der Waals surface area contributed by atoms with Crippen molar-refractivity contribution < 1.29 is 8.83 Å². The Morgan fingerprint density at radius 2 is 1.02 bits per heavy atom. The van der Waals surface area contributed by atoms with Crippen molar-refractivity contribution in [3.05, 3.63) is 158 Å². The van der Waals surface area contributed by atoms with E-state index in [2.05, 4.69) is 89.5 Å². The molecule has 0 spiro atoms. The molecule has 6 nitrogen and oxygen atoms in total. The lowest BCUT2D eigenvalue weighted by molar-refractivity contribution is 0.668. The summed E-state index contributed by atoms with van der Waals surface area (Å²) >= 11 is 0. The van der Waals surface area contributed by atoms with E-state index in [-0.39, 0.29) is 0 Å². The van der Waals surface area contributed by atoms with Gasteiger partial charge in [-0.25, -0.2) is 15.0 Å². The summed E-state index contributed by atoms with van der Waals surface area (Å²) in [4.78, 5) is 15.1. The standard InChI is InChI=1S/C45H26N4O2/c1-2-12-27(13-3-1)43-46-44(48-45(47-43)34-18-10-17-32-31-16-6-9-22-38(31)51-42(32)34)28-24-25-33-40(26-28)50-39-23-11-21-37(41(33)39)49-35-19-7-4-14-29(35)30-15-5-8-20-36(30)49/h1-26H. The van der Waals surface area contributed by atoms with E-state index in [0.29, 0.717) is 17.5 Å². The summed E-state index contributed by atoms with van der Waals surface area (Å²) in [5, 5.41) is 6.60. The fourth-order valence-corrected chi connectivity index (χ4v) is 7.58. The summed E-state index contributed by atoms with van der Waals surface area (Å²) in [6.07, 6.45) is 0. The van der Waals surface area contributed by atoms with Gasteiger partial charge in [-0.15, -0.1) is 0 Å². The zero-order valence-electron chi connectivity index (χ0n) is 27.1. The molecule has 4 aromatic heterocycles. The molecule has 0 radical (unpaired) electrons. The summed E-state index contributed by atoms with van der Waals surface area (Å²) in [5.74, 6) is 1.68. The molecule has 7 aromatic carbocycles. The first-order valence-electron chi connectivity index (χ1n) is 16.9. The van der Waals surface area contributed by atoms with Gasteiger partial charge in [-0.3, -0.25) is 0 Å². The van der Waals surface area contributed by atoms with Crippen LogP contribution in [0.3, 0.4) is 0 Å². The van der Waals surface area contributed by atoms with Crippen LogP contribution in [0.2, 0.25) is 0 Å². The smallest absolute Gasteiger partial charge is 0.167 e. The van der Waals surface area contributed by atoms with Crippen molar-refractivity contribution in [3.8, 4) is 39.9 Å². The molecular formula is C45H26N4O2. The van der Waals surface area contributed by atoms with Crippen LogP contribution in [0.25, 0.3) is 106 Å². The summed E-state index contributed by atoms with van der Waals surface area (Å²) in [6, 6.07) is 53.9. The lowest BCUT2D eigenvalue weighted by Crippen LogP contribution is -2.00. The molecule has 0 atom stereocenters. The quantitative estimate of drug-likeness (QED) is 0.189. The molecule has 0 saturated carbocycles. The van der Waals surface area contributed by atoms with Gasteiger partial charge >= 0.3 is 0 Å². The molecule has 4 heterocycles. The van der Waals surface area contributed by atoms with Crippen molar-refractivity contribution in [1.82, 2.24) is 19.5 Å². The number of furan rings is 2. The number of hydrogen-bond donors (Lipinski definition) is 0. The number of hydrogen-bond acceptors (Lipinski definition) is 5. The van der Waals surface area contributed by atoms with E-state index in [1.165, 1.54) is 10.8 Å². The molecule has 0 bridgehead atoms. The molecule has 0 amide bonds. The molecule has 0 saturated heterocycles. The highest BCUT2D eigenvalue weighted by Gasteiger charge is 2.20. The van der Waals surface area contributed by atoms with Crippen LogP contribution in [-0.4, -0.2) is 19.5 Å². The van der Waals surface area contributed by atoms with Crippen molar-refractivity contribution >= 4 is 65.7 Å². The lowest BCUT2D eigenvalue weighted by atomic mass is 10.1. The van der Waals surface area contributed by atoms with E-state index in [1.54, 1.807) is 0 Å². The minimum absolute atomic E-state index is 0.543. The molecule has 0 unspecified atom stereocenters. The minimum atomic E-state index is 0.543. The topological polar surface area (TPSA) is 69.9 Å². The Morgan fingerprint density at radius 3 is 1.82 bits per heavy atom. The number of fused-ring (bicyclic) bond motifs is 9. The SMILES string of the molecule is c1ccc(-c2nc(-c3ccc4c(c3)oc3cccc(-n5c6ccccc6c6ccccc65)c34)nc(-c3cccc4c3oc3ccccc34)n2)cc1. The van der Waals surface area contributed by atoms with E-state index in [1.807, 2.05) is 72.8 Å². The predicted molar refractivity (Wildman–Crippen MR) is 205 cm³/mol. The van der Waals surface area contributed by atoms with E-state index in [0.717, 1.165) is 77.3 Å². The largest absolute Gasteiger partial charge is 0.456 e. The molecule has 0 aliphatic carbocycles. The molecule has 0 fully saturated rings. The molecule has 51 heavy (non-hydrogen) atoms. The highest BCUT2D eigenvalue weighted by atomic mass is 16.3. The number of rotatable bonds is 4. The average Bonchev–Trinajstić information content (AvgIpc) is 3.87. The summed E-state index contributed by atoms with van der Waals surface area (Å²) in [5.41, 5.74) is 9.09. The van der Waals surface area contributed by atoms with Crippen LogP contribution in [-0.2, 0) is 0 Å². The highest BCUT2D eigenvalue weighted by molar-refractivity contribution is 6.15.